The van der Waals surface area contributed by atoms with E-state index in [0.29, 0.717) is 11.3 Å². The molecule has 0 radical (unpaired) electrons. The second-order valence-corrected chi connectivity index (χ2v) is 5.60. The predicted octanol–water partition coefficient (Wildman–Crippen LogP) is 2.93. The topological polar surface area (TPSA) is 26.0 Å². The first-order chi connectivity index (χ1) is 6.95. The summed E-state index contributed by atoms with van der Waals surface area (Å²) in [5.41, 5.74) is 12.1. The Bertz CT molecular complexity index is 391. The van der Waals surface area contributed by atoms with E-state index in [9.17, 15) is 0 Å². The lowest BCUT2D eigenvalue weighted by atomic mass is 9.80. The van der Waals surface area contributed by atoms with Crippen LogP contribution in [0.1, 0.15) is 42.0 Å². The first-order valence-electron chi connectivity index (χ1n) is 5.76. The van der Waals surface area contributed by atoms with Crippen molar-refractivity contribution in [2.45, 2.75) is 40.0 Å². The Kier molecular flexibility index (Phi) is 2.38. The van der Waals surface area contributed by atoms with E-state index in [0.717, 1.165) is 6.54 Å². The molecule has 1 heteroatoms. The van der Waals surface area contributed by atoms with Gasteiger partial charge in [0.1, 0.15) is 0 Å². The largest absolute Gasteiger partial charge is 0.330 e. The molecule has 0 saturated carbocycles. The quantitative estimate of drug-likeness (QED) is 0.746. The van der Waals surface area contributed by atoms with E-state index in [1.165, 1.54) is 23.1 Å². The van der Waals surface area contributed by atoms with Crippen LogP contribution in [0.4, 0.5) is 0 Å². The highest BCUT2D eigenvalue weighted by molar-refractivity contribution is 5.45. The fraction of sp³-hybridized carbons (Fsp3) is 0.571. The van der Waals surface area contributed by atoms with Crippen LogP contribution in [0, 0.1) is 19.3 Å². The van der Waals surface area contributed by atoms with Gasteiger partial charge in [0.15, 0.2) is 0 Å². The lowest BCUT2D eigenvalue weighted by Crippen LogP contribution is -2.24. The van der Waals surface area contributed by atoms with E-state index in [1.807, 2.05) is 0 Å². The number of fused-ring (bicyclic) bond motifs is 1. The Hall–Kier alpha value is -0.820. The molecule has 82 valence electrons. The van der Waals surface area contributed by atoms with Crippen LogP contribution < -0.4 is 5.73 Å². The average Bonchev–Trinajstić information content (AvgIpc) is 2.36. The summed E-state index contributed by atoms with van der Waals surface area (Å²) >= 11 is 0. The zero-order chi connectivity index (χ0) is 11.2. The van der Waals surface area contributed by atoms with Crippen molar-refractivity contribution in [2.24, 2.45) is 11.1 Å². The molecule has 0 aromatic heterocycles. The van der Waals surface area contributed by atoms with Crippen LogP contribution in [0.2, 0.25) is 0 Å². The molecular weight excluding hydrogens is 182 g/mol. The van der Waals surface area contributed by atoms with E-state index < -0.39 is 0 Å². The van der Waals surface area contributed by atoms with Gasteiger partial charge in [0.25, 0.3) is 0 Å². The van der Waals surface area contributed by atoms with Crippen molar-refractivity contribution in [3.63, 3.8) is 0 Å². The Balaban J connectivity index is 2.58. The predicted molar refractivity (Wildman–Crippen MR) is 65.2 cm³/mol. The summed E-state index contributed by atoms with van der Waals surface area (Å²) in [6.45, 7) is 9.83. The smallest absolute Gasteiger partial charge is 0.00185 e. The number of rotatable bonds is 1. The Morgan fingerprint density at radius 1 is 1.33 bits per heavy atom. The molecule has 1 atom stereocenters. The van der Waals surface area contributed by atoms with Gasteiger partial charge in [-0.2, -0.15) is 0 Å². The molecule has 2 rings (SSSR count). The molecule has 1 nitrogen and oxygen atoms in total. The summed E-state index contributed by atoms with van der Waals surface area (Å²) in [5, 5.41) is 0. The van der Waals surface area contributed by atoms with Crippen LogP contribution in [0.25, 0.3) is 0 Å². The summed E-state index contributed by atoms with van der Waals surface area (Å²) in [6, 6.07) is 4.61. The van der Waals surface area contributed by atoms with Crippen molar-refractivity contribution in [1.82, 2.24) is 0 Å². The van der Waals surface area contributed by atoms with Gasteiger partial charge in [-0.3, -0.25) is 0 Å². The SMILES string of the molecule is Cc1cc(C)c2c(c1)C(CN)C(C)(C)C2. The number of hydrogen-bond acceptors (Lipinski definition) is 1. The van der Waals surface area contributed by atoms with Crippen molar-refractivity contribution in [2.75, 3.05) is 6.54 Å². The highest BCUT2D eigenvalue weighted by Crippen LogP contribution is 2.47. The summed E-state index contributed by atoms with van der Waals surface area (Å²) in [4.78, 5) is 0. The highest BCUT2D eigenvalue weighted by atomic mass is 14.6. The third kappa shape index (κ3) is 1.59. The molecule has 0 aliphatic heterocycles. The Morgan fingerprint density at radius 3 is 2.60 bits per heavy atom. The van der Waals surface area contributed by atoms with Crippen molar-refractivity contribution < 1.29 is 0 Å². The fourth-order valence-electron chi connectivity index (χ4n) is 3.03. The lowest BCUT2D eigenvalue weighted by Gasteiger charge is -2.26. The van der Waals surface area contributed by atoms with Crippen LogP contribution in [-0.4, -0.2) is 6.54 Å². The van der Waals surface area contributed by atoms with Gasteiger partial charge in [-0.15, -0.1) is 0 Å². The second-order valence-electron chi connectivity index (χ2n) is 5.60. The molecule has 1 unspecified atom stereocenters. The van der Waals surface area contributed by atoms with Crippen LogP contribution in [0.5, 0.6) is 0 Å². The second kappa shape index (κ2) is 3.34. The van der Waals surface area contributed by atoms with E-state index in [4.69, 9.17) is 5.73 Å². The van der Waals surface area contributed by atoms with Gasteiger partial charge >= 0.3 is 0 Å². The van der Waals surface area contributed by atoms with Crippen LogP contribution in [0.3, 0.4) is 0 Å². The Labute approximate surface area is 92.7 Å². The molecule has 0 amide bonds. The molecule has 1 aromatic carbocycles. The van der Waals surface area contributed by atoms with Gasteiger partial charge in [0.05, 0.1) is 0 Å². The molecule has 15 heavy (non-hydrogen) atoms. The first kappa shape index (κ1) is 10.7. The van der Waals surface area contributed by atoms with Gasteiger partial charge in [-0.1, -0.05) is 31.5 Å². The minimum Gasteiger partial charge on any atom is -0.330 e. The van der Waals surface area contributed by atoms with Crippen molar-refractivity contribution in [3.8, 4) is 0 Å². The molecule has 2 N–H and O–H groups in total. The third-order valence-electron chi connectivity index (χ3n) is 3.84. The van der Waals surface area contributed by atoms with Gasteiger partial charge in [0.2, 0.25) is 0 Å². The maximum absolute atomic E-state index is 5.92. The molecular formula is C14H21N. The molecule has 0 spiro atoms. The van der Waals surface area contributed by atoms with E-state index in [2.05, 4.69) is 39.8 Å². The minimum absolute atomic E-state index is 0.329. The maximum atomic E-state index is 5.92. The van der Waals surface area contributed by atoms with Crippen molar-refractivity contribution >= 4 is 0 Å². The maximum Gasteiger partial charge on any atom is 0.00185 e. The number of nitrogens with two attached hydrogens (primary N) is 1. The number of aryl methyl sites for hydroxylation is 2. The van der Waals surface area contributed by atoms with Crippen molar-refractivity contribution in [1.29, 1.82) is 0 Å². The molecule has 0 heterocycles. The summed E-state index contributed by atoms with van der Waals surface area (Å²) in [5.74, 6) is 0.533. The van der Waals surface area contributed by atoms with Gasteiger partial charge < -0.3 is 5.73 Å². The van der Waals surface area contributed by atoms with Crippen LogP contribution >= 0.6 is 0 Å². The number of hydrogen-bond donors (Lipinski definition) is 1. The normalized spacial score (nSPS) is 22.9. The monoisotopic (exact) mass is 203 g/mol. The molecule has 1 aromatic rings. The van der Waals surface area contributed by atoms with E-state index in [-0.39, 0.29) is 0 Å². The van der Waals surface area contributed by atoms with Gasteiger partial charge in [-0.25, -0.2) is 0 Å². The molecule has 0 bridgehead atoms. The first-order valence-corrected chi connectivity index (χ1v) is 5.76. The zero-order valence-corrected chi connectivity index (χ0v) is 10.2. The lowest BCUT2D eigenvalue weighted by molar-refractivity contribution is 0.317. The summed E-state index contributed by atoms with van der Waals surface area (Å²) < 4.78 is 0. The molecule has 1 aliphatic rings. The summed E-state index contributed by atoms with van der Waals surface area (Å²) in [6.07, 6.45) is 1.18. The standard InChI is InChI=1S/C14H21N/c1-9-5-10(2)12-7-14(3,4)13(8-15)11(12)6-9/h5-6,13H,7-8,15H2,1-4H3. The molecule has 1 aliphatic carbocycles. The summed E-state index contributed by atoms with van der Waals surface area (Å²) in [7, 11) is 0. The molecule has 0 fully saturated rings. The van der Waals surface area contributed by atoms with Gasteiger partial charge in [0, 0.05) is 5.92 Å². The third-order valence-corrected chi connectivity index (χ3v) is 3.84. The average molecular weight is 203 g/mol. The van der Waals surface area contributed by atoms with E-state index >= 15 is 0 Å². The van der Waals surface area contributed by atoms with Crippen LogP contribution in [0.15, 0.2) is 12.1 Å². The minimum atomic E-state index is 0.329. The van der Waals surface area contributed by atoms with Crippen molar-refractivity contribution in [3.05, 3.63) is 34.4 Å². The van der Waals surface area contributed by atoms with Crippen LogP contribution in [-0.2, 0) is 6.42 Å². The highest BCUT2D eigenvalue weighted by Gasteiger charge is 2.38. The fourth-order valence-corrected chi connectivity index (χ4v) is 3.03. The van der Waals surface area contributed by atoms with E-state index in [1.54, 1.807) is 5.56 Å². The molecule has 0 saturated heterocycles. The number of benzene rings is 1. The Morgan fingerprint density at radius 2 is 2.00 bits per heavy atom. The zero-order valence-electron chi connectivity index (χ0n) is 10.2. The van der Waals surface area contributed by atoms with Gasteiger partial charge in [-0.05, 0) is 48.9 Å².